The number of methoxy groups -OCH3 is 1. The van der Waals surface area contributed by atoms with E-state index in [1.807, 2.05) is 38.1 Å². The van der Waals surface area contributed by atoms with Crippen molar-refractivity contribution < 1.29 is 14.3 Å². The maximum Gasteiger partial charge on any atom is 0.281 e. The van der Waals surface area contributed by atoms with E-state index in [0.29, 0.717) is 39.5 Å². The molecule has 5 nitrogen and oxygen atoms in total. The first-order valence-corrected chi connectivity index (χ1v) is 9.67. The summed E-state index contributed by atoms with van der Waals surface area (Å²) >= 11 is 11.7. The number of anilines is 1. The van der Waals surface area contributed by atoms with Gasteiger partial charge < -0.3 is 14.8 Å². The topological polar surface area (TPSA) is 50.8 Å². The van der Waals surface area contributed by atoms with E-state index in [-0.39, 0.29) is 5.91 Å². The van der Waals surface area contributed by atoms with Crippen molar-refractivity contribution in [2.75, 3.05) is 18.6 Å². The van der Waals surface area contributed by atoms with Crippen molar-refractivity contribution >= 4 is 46.6 Å². The molecule has 7 heteroatoms. The standard InChI is InChI=1S/C21H21ClN2O3S/c1-4-9-27-19-16(22)10-14(12-18(19)26-3)11-17-20(25)24(21(28)23-17)15-7-5-13(2)6-8-15/h5-8,10-12H,4,9H2,1-3H3,(H,23,28)/b17-11-. The fraction of sp³-hybridized carbons (Fsp3) is 0.238. The molecule has 0 spiro atoms. The summed E-state index contributed by atoms with van der Waals surface area (Å²) in [5, 5.41) is 3.73. The number of nitrogens with one attached hydrogen (secondary N) is 1. The molecule has 1 heterocycles. The highest BCUT2D eigenvalue weighted by molar-refractivity contribution is 7.80. The van der Waals surface area contributed by atoms with E-state index in [0.717, 1.165) is 17.7 Å². The zero-order valence-electron chi connectivity index (χ0n) is 15.9. The number of carbonyl (C=O) groups is 1. The highest BCUT2D eigenvalue weighted by Crippen LogP contribution is 2.37. The van der Waals surface area contributed by atoms with Crippen LogP contribution in [0, 0.1) is 6.92 Å². The molecule has 1 aliphatic heterocycles. The number of nitrogens with zero attached hydrogens (tertiary/aromatic N) is 1. The van der Waals surface area contributed by atoms with Crippen LogP contribution in [0.25, 0.3) is 6.08 Å². The van der Waals surface area contributed by atoms with Crippen molar-refractivity contribution in [1.29, 1.82) is 0 Å². The molecule has 2 aromatic rings. The molecule has 0 atom stereocenters. The number of aryl methyl sites for hydroxylation is 1. The lowest BCUT2D eigenvalue weighted by atomic mass is 10.1. The first-order valence-electron chi connectivity index (χ1n) is 8.88. The van der Waals surface area contributed by atoms with Gasteiger partial charge in [0, 0.05) is 0 Å². The molecule has 1 fully saturated rings. The summed E-state index contributed by atoms with van der Waals surface area (Å²) in [6.07, 6.45) is 2.55. The zero-order chi connectivity index (χ0) is 20.3. The summed E-state index contributed by atoms with van der Waals surface area (Å²) in [6, 6.07) is 11.1. The van der Waals surface area contributed by atoms with Crippen LogP contribution in [0.5, 0.6) is 11.5 Å². The maximum absolute atomic E-state index is 12.9. The highest BCUT2D eigenvalue weighted by Gasteiger charge is 2.32. The van der Waals surface area contributed by atoms with Crippen LogP contribution in [-0.4, -0.2) is 24.7 Å². The van der Waals surface area contributed by atoms with E-state index in [1.54, 1.807) is 25.3 Å². The number of hydrogen-bond acceptors (Lipinski definition) is 4. The Bertz CT molecular complexity index is 941. The lowest BCUT2D eigenvalue weighted by Gasteiger charge is -2.14. The lowest BCUT2D eigenvalue weighted by molar-refractivity contribution is -0.113. The van der Waals surface area contributed by atoms with E-state index in [1.165, 1.54) is 4.90 Å². The largest absolute Gasteiger partial charge is 0.493 e. The van der Waals surface area contributed by atoms with Crippen molar-refractivity contribution in [3.63, 3.8) is 0 Å². The number of benzene rings is 2. The number of hydrogen-bond donors (Lipinski definition) is 1. The number of carbonyl (C=O) groups excluding carboxylic acids is 1. The van der Waals surface area contributed by atoms with Crippen molar-refractivity contribution in [2.45, 2.75) is 20.3 Å². The Morgan fingerprint density at radius 1 is 1.25 bits per heavy atom. The number of rotatable bonds is 6. The summed E-state index contributed by atoms with van der Waals surface area (Å²) in [5.41, 5.74) is 2.90. The normalized spacial score (nSPS) is 15.1. The van der Waals surface area contributed by atoms with Gasteiger partial charge in [-0.2, -0.15) is 0 Å². The Labute approximate surface area is 174 Å². The molecule has 0 saturated carbocycles. The number of halogens is 1. The van der Waals surface area contributed by atoms with Gasteiger partial charge in [0.1, 0.15) is 5.70 Å². The molecule has 1 amide bonds. The molecule has 0 aromatic heterocycles. The molecule has 3 rings (SSSR count). The number of amides is 1. The van der Waals surface area contributed by atoms with Crippen LogP contribution in [-0.2, 0) is 4.79 Å². The quantitative estimate of drug-likeness (QED) is 0.546. The van der Waals surface area contributed by atoms with E-state index < -0.39 is 0 Å². The van der Waals surface area contributed by atoms with Gasteiger partial charge in [-0.25, -0.2) is 0 Å². The predicted octanol–water partition coefficient (Wildman–Crippen LogP) is 4.71. The van der Waals surface area contributed by atoms with E-state index >= 15 is 0 Å². The average Bonchev–Trinajstić information content (AvgIpc) is 2.94. The summed E-state index contributed by atoms with van der Waals surface area (Å²) in [4.78, 5) is 14.3. The molecule has 0 aliphatic carbocycles. The second kappa shape index (κ2) is 8.63. The SMILES string of the molecule is CCCOc1c(Cl)cc(/C=C2\NC(=S)N(c3ccc(C)cc3)C2=O)cc1OC. The van der Waals surface area contributed by atoms with Gasteiger partial charge in [0.05, 0.1) is 24.4 Å². The van der Waals surface area contributed by atoms with Crippen molar-refractivity contribution in [3.05, 3.63) is 58.2 Å². The molecule has 28 heavy (non-hydrogen) atoms. The first-order chi connectivity index (χ1) is 13.4. The van der Waals surface area contributed by atoms with Crippen LogP contribution in [0.3, 0.4) is 0 Å². The smallest absolute Gasteiger partial charge is 0.281 e. The van der Waals surface area contributed by atoms with Gasteiger partial charge in [0.2, 0.25) is 0 Å². The van der Waals surface area contributed by atoms with Gasteiger partial charge in [0.25, 0.3) is 5.91 Å². The lowest BCUT2D eigenvalue weighted by Crippen LogP contribution is -2.30. The molecule has 1 aliphatic rings. The predicted molar refractivity (Wildman–Crippen MR) is 116 cm³/mol. The third-order valence-electron chi connectivity index (χ3n) is 4.18. The second-order valence-corrected chi connectivity index (χ2v) is 7.14. The number of ether oxygens (including phenoxy) is 2. The maximum atomic E-state index is 12.9. The van der Waals surface area contributed by atoms with Crippen molar-refractivity contribution in [2.24, 2.45) is 0 Å². The molecule has 0 bridgehead atoms. The summed E-state index contributed by atoms with van der Waals surface area (Å²) in [5.74, 6) is 0.780. The van der Waals surface area contributed by atoms with Gasteiger partial charge in [-0.3, -0.25) is 9.69 Å². The molecule has 0 unspecified atom stereocenters. The Morgan fingerprint density at radius 2 is 1.96 bits per heavy atom. The van der Waals surface area contributed by atoms with E-state index in [9.17, 15) is 4.79 Å². The van der Waals surface area contributed by atoms with Gasteiger partial charge in [-0.1, -0.05) is 36.2 Å². The summed E-state index contributed by atoms with van der Waals surface area (Å²) in [7, 11) is 1.55. The van der Waals surface area contributed by atoms with Gasteiger partial charge in [-0.05, 0) is 61.5 Å². The van der Waals surface area contributed by atoms with E-state index in [2.05, 4.69) is 5.32 Å². The minimum Gasteiger partial charge on any atom is -0.493 e. The molecule has 1 N–H and O–H groups in total. The summed E-state index contributed by atoms with van der Waals surface area (Å²) < 4.78 is 11.1. The minimum atomic E-state index is -0.227. The third-order valence-corrected chi connectivity index (χ3v) is 4.75. The third kappa shape index (κ3) is 4.13. The van der Waals surface area contributed by atoms with Crippen LogP contribution in [0.15, 0.2) is 42.1 Å². The first kappa shape index (κ1) is 20.2. The molecule has 0 radical (unpaired) electrons. The summed E-state index contributed by atoms with van der Waals surface area (Å²) in [6.45, 7) is 4.54. The fourth-order valence-corrected chi connectivity index (χ4v) is 3.37. The molecule has 2 aromatic carbocycles. The fourth-order valence-electron chi connectivity index (χ4n) is 2.80. The Balaban J connectivity index is 1.91. The highest BCUT2D eigenvalue weighted by atomic mass is 35.5. The Hall–Kier alpha value is -2.57. The minimum absolute atomic E-state index is 0.227. The van der Waals surface area contributed by atoms with Crippen LogP contribution in [0.2, 0.25) is 5.02 Å². The Kier molecular flexibility index (Phi) is 6.21. The molecular formula is C21H21ClN2O3S. The monoisotopic (exact) mass is 416 g/mol. The average molecular weight is 417 g/mol. The Morgan fingerprint density at radius 3 is 2.61 bits per heavy atom. The second-order valence-electron chi connectivity index (χ2n) is 6.35. The van der Waals surface area contributed by atoms with Crippen LogP contribution in [0.1, 0.15) is 24.5 Å². The van der Waals surface area contributed by atoms with E-state index in [4.69, 9.17) is 33.3 Å². The van der Waals surface area contributed by atoms with Gasteiger partial charge >= 0.3 is 0 Å². The van der Waals surface area contributed by atoms with Gasteiger partial charge in [0.15, 0.2) is 16.6 Å². The van der Waals surface area contributed by atoms with Crippen molar-refractivity contribution in [3.8, 4) is 11.5 Å². The van der Waals surface area contributed by atoms with Crippen LogP contribution >= 0.6 is 23.8 Å². The molecular weight excluding hydrogens is 396 g/mol. The van der Waals surface area contributed by atoms with Gasteiger partial charge in [-0.15, -0.1) is 0 Å². The van der Waals surface area contributed by atoms with Crippen molar-refractivity contribution in [1.82, 2.24) is 5.32 Å². The number of thiocarbonyl (C=S) groups is 1. The van der Waals surface area contributed by atoms with Crippen LogP contribution in [0.4, 0.5) is 5.69 Å². The molecule has 1 saturated heterocycles. The zero-order valence-corrected chi connectivity index (χ0v) is 17.5. The molecule has 146 valence electrons. The van der Waals surface area contributed by atoms with Crippen LogP contribution < -0.4 is 19.7 Å².